The number of rotatable bonds is 3. The Kier molecular flexibility index (Phi) is 2.95. The highest BCUT2D eigenvalue weighted by Crippen LogP contribution is 2.38. The third-order valence-corrected chi connectivity index (χ3v) is 3.13. The zero-order valence-corrected chi connectivity index (χ0v) is 9.08. The van der Waals surface area contributed by atoms with Crippen LogP contribution in [0.1, 0.15) is 30.0 Å². The maximum absolute atomic E-state index is 13.7. The van der Waals surface area contributed by atoms with Gasteiger partial charge < -0.3 is 10.8 Å². The molecule has 4 heteroatoms. The van der Waals surface area contributed by atoms with Crippen molar-refractivity contribution in [2.75, 3.05) is 0 Å². The molecule has 0 aromatic heterocycles. The second kappa shape index (κ2) is 4.11. The first-order valence-corrected chi connectivity index (χ1v) is 5.40. The monoisotopic (exact) mass is 227 g/mol. The van der Waals surface area contributed by atoms with Crippen molar-refractivity contribution in [3.8, 4) is 0 Å². The van der Waals surface area contributed by atoms with Crippen LogP contribution >= 0.6 is 0 Å². The Balaban J connectivity index is 2.34. The molecule has 1 aliphatic rings. The van der Waals surface area contributed by atoms with Crippen molar-refractivity contribution < 1.29 is 13.9 Å². The Labute approximate surface area is 93.1 Å². The lowest BCUT2D eigenvalue weighted by Gasteiger charge is -2.20. The quantitative estimate of drug-likeness (QED) is 0.830. The largest absolute Gasteiger partial charge is 0.391 e. The van der Waals surface area contributed by atoms with E-state index in [4.69, 9.17) is 5.73 Å². The van der Waals surface area contributed by atoms with Gasteiger partial charge in [-0.15, -0.1) is 0 Å². The Morgan fingerprint density at radius 3 is 2.56 bits per heavy atom. The molecule has 0 saturated heterocycles. The fourth-order valence-electron chi connectivity index (χ4n) is 1.89. The lowest BCUT2D eigenvalue weighted by Crippen LogP contribution is -2.29. The van der Waals surface area contributed by atoms with E-state index in [1.165, 1.54) is 12.1 Å². The highest BCUT2D eigenvalue weighted by Gasteiger charge is 2.36. The fourth-order valence-corrected chi connectivity index (χ4v) is 1.89. The maximum Gasteiger partial charge on any atom is 0.133 e. The summed E-state index contributed by atoms with van der Waals surface area (Å²) in [5.41, 5.74) is 5.87. The molecule has 1 fully saturated rings. The van der Waals surface area contributed by atoms with E-state index in [0.29, 0.717) is 5.56 Å². The van der Waals surface area contributed by atoms with Crippen LogP contribution < -0.4 is 5.73 Å². The van der Waals surface area contributed by atoms with Crippen LogP contribution in [-0.4, -0.2) is 11.2 Å². The van der Waals surface area contributed by atoms with Crippen molar-refractivity contribution in [2.24, 2.45) is 11.7 Å². The topological polar surface area (TPSA) is 46.2 Å². The van der Waals surface area contributed by atoms with Crippen LogP contribution in [0.25, 0.3) is 0 Å². The van der Waals surface area contributed by atoms with Crippen molar-refractivity contribution >= 4 is 0 Å². The second-order valence-corrected chi connectivity index (χ2v) is 4.45. The fraction of sp³-hybridized carbons (Fsp3) is 0.500. The minimum atomic E-state index is -0.979. The van der Waals surface area contributed by atoms with E-state index in [2.05, 4.69) is 0 Å². The lowest BCUT2D eigenvalue weighted by molar-refractivity contribution is 0.119. The van der Waals surface area contributed by atoms with Gasteiger partial charge >= 0.3 is 0 Å². The van der Waals surface area contributed by atoms with Gasteiger partial charge in [-0.1, -0.05) is 6.07 Å². The molecule has 88 valence electrons. The van der Waals surface area contributed by atoms with Crippen molar-refractivity contribution in [1.29, 1.82) is 0 Å². The van der Waals surface area contributed by atoms with Gasteiger partial charge in [0.15, 0.2) is 0 Å². The molecule has 1 aliphatic carbocycles. The number of aliphatic hydroxyl groups excluding tert-OH is 1. The van der Waals surface area contributed by atoms with Gasteiger partial charge in [-0.3, -0.25) is 0 Å². The first kappa shape index (κ1) is 11.5. The van der Waals surface area contributed by atoms with E-state index >= 15 is 0 Å². The Bertz CT molecular complexity index is 404. The van der Waals surface area contributed by atoms with Gasteiger partial charge in [0, 0.05) is 5.56 Å². The zero-order valence-electron chi connectivity index (χ0n) is 9.08. The third kappa shape index (κ3) is 1.95. The van der Waals surface area contributed by atoms with E-state index < -0.39 is 23.8 Å². The van der Waals surface area contributed by atoms with E-state index in [-0.39, 0.29) is 11.5 Å². The van der Waals surface area contributed by atoms with Gasteiger partial charge in [0.25, 0.3) is 0 Å². The maximum atomic E-state index is 13.7. The van der Waals surface area contributed by atoms with E-state index in [0.717, 1.165) is 12.8 Å². The number of aryl methyl sites for hydroxylation is 1. The van der Waals surface area contributed by atoms with Crippen LogP contribution in [0.2, 0.25) is 0 Å². The average molecular weight is 227 g/mol. The molecule has 3 N–H and O–H groups in total. The highest BCUT2D eigenvalue weighted by atomic mass is 19.1. The number of nitrogens with two attached hydrogens (primary N) is 1. The summed E-state index contributed by atoms with van der Waals surface area (Å²) < 4.78 is 27.2. The van der Waals surface area contributed by atoms with Crippen LogP contribution in [0.15, 0.2) is 12.1 Å². The summed E-state index contributed by atoms with van der Waals surface area (Å²) in [6.07, 6.45) is 0.902. The zero-order chi connectivity index (χ0) is 11.9. The number of hydrogen-bond acceptors (Lipinski definition) is 2. The molecule has 0 aliphatic heterocycles. The van der Waals surface area contributed by atoms with Crippen LogP contribution in [0, 0.1) is 24.5 Å². The number of hydrogen-bond donors (Lipinski definition) is 2. The Morgan fingerprint density at radius 2 is 2.00 bits per heavy atom. The normalized spacial score (nSPS) is 19.6. The minimum absolute atomic E-state index is 0.0920. The van der Waals surface area contributed by atoms with Gasteiger partial charge in [0.1, 0.15) is 11.6 Å². The van der Waals surface area contributed by atoms with Crippen LogP contribution in [-0.2, 0) is 0 Å². The summed E-state index contributed by atoms with van der Waals surface area (Å²) in [5, 5.41) is 9.79. The predicted molar refractivity (Wildman–Crippen MR) is 56.8 cm³/mol. The van der Waals surface area contributed by atoms with Crippen molar-refractivity contribution in [3.63, 3.8) is 0 Å². The molecule has 0 amide bonds. The third-order valence-electron chi connectivity index (χ3n) is 3.13. The molecule has 2 rings (SSSR count). The molecule has 0 bridgehead atoms. The summed E-state index contributed by atoms with van der Waals surface area (Å²) in [7, 11) is 0. The van der Waals surface area contributed by atoms with Gasteiger partial charge in [-0.05, 0) is 37.3 Å². The molecule has 1 aromatic rings. The van der Waals surface area contributed by atoms with Gasteiger partial charge in [-0.25, -0.2) is 8.78 Å². The summed E-state index contributed by atoms with van der Waals surface area (Å²) in [5.74, 6) is -1.24. The molecule has 0 spiro atoms. The molecular formula is C12H15F2NO. The van der Waals surface area contributed by atoms with Crippen LogP contribution in [0.3, 0.4) is 0 Å². The summed E-state index contributed by atoms with van der Waals surface area (Å²) >= 11 is 0. The van der Waals surface area contributed by atoms with E-state index in [1.54, 1.807) is 6.92 Å². The molecule has 0 heterocycles. The van der Waals surface area contributed by atoms with Gasteiger partial charge in [0.05, 0.1) is 12.1 Å². The smallest absolute Gasteiger partial charge is 0.133 e. The van der Waals surface area contributed by atoms with Crippen LogP contribution in [0.5, 0.6) is 0 Å². The molecule has 1 aromatic carbocycles. The number of halogens is 2. The van der Waals surface area contributed by atoms with Crippen molar-refractivity contribution in [1.82, 2.24) is 0 Å². The van der Waals surface area contributed by atoms with Gasteiger partial charge in [-0.2, -0.15) is 0 Å². The predicted octanol–water partition coefficient (Wildman–Crippen LogP) is 2.04. The number of aliphatic hydroxyl groups is 1. The Hall–Kier alpha value is -1.00. The molecule has 0 unspecified atom stereocenters. The second-order valence-electron chi connectivity index (χ2n) is 4.45. The molecular weight excluding hydrogens is 212 g/mol. The standard InChI is InChI=1S/C12H15F2NO/c1-6-2-5-8(13)9(10(6)14)11(15)12(16)7-3-4-7/h2,5,7,11-12,16H,3-4,15H2,1H3/t11-,12+/m1/s1. The molecule has 0 radical (unpaired) electrons. The molecule has 2 nitrogen and oxygen atoms in total. The minimum Gasteiger partial charge on any atom is -0.391 e. The summed E-state index contributed by atoms with van der Waals surface area (Å²) in [6, 6.07) is 1.57. The van der Waals surface area contributed by atoms with Gasteiger partial charge in [0.2, 0.25) is 0 Å². The lowest BCUT2D eigenvalue weighted by atomic mass is 9.96. The molecule has 16 heavy (non-hydrogen) atoms. The molecule has 2 atom stereocenters. The van der Waals surface area contributed by atoms with E-state index in [1.807, 2.05) is 0 Å². The summed E-state index contributed by atoms with van der Waals surface area (Å²) in [6.45, 7) is 1.55. The van der Waals surface area contributed by atoms with Crippen molar-refractivity contribution in [3.05, 3.63) is 34.9 Å². The average Bonchev–Trinajstić information content (AvgIpc) is 3.06. The first-order chi connectivity index (χ1) is 7.52. The number of benzene rings is 1. The highest BCUT2D eigenvalue weighted by molar-refractivity contribution is 5.30. The van der Waals surface area contributed by atoms with E-state index in [9.17, 15) is 13.9 Å². The van der Waals surface area contributed by atoms with Crippen molar-refractivity contribution in [2.45, 2.75) is 31.9 Å². The molecule has 1 saturated carbocycles. The Morgan fingerprint density at radius 1 is 1.38 bits per heavy atom. The first-order valence-electron chi connectivity index (χ1n) is 5.40. The summed E-state index contributed by atoms with van der Waals surface area (Å²) in [4.78, 5) is 0. The SMILES string of the molecule is Cc1ccc(F)c([C@@H](N)[C@@H](O)C2CC2)c1F. The van der Waals surface area contributed by atoms with Crippen LogP contribution in [0.4, 0.5) is 8.78 Å².